The Hall–Kier alpha value is -2.67. The van der Waals surface area contributed by atoms with Crippen LogP contribution in [0, 0.1) is 0 Å². The van der Waals surface area contributed by atoms with Gasteiger partial charge in [0.2, 0.25) is 5.91 Å². The van der Waals surface area contributed by atoms with E-state index >= 15 is 0 Å². The van der Waals surface area contributed by atoms with Crippen molar-refractivity contribution in [3.05, 3.63) is 71.8 Å². The van der Waals surface area contributed by atoms with Crippen LogP contribution in [0.3, 0.4) is 0 Å². The van der Waals surface area contributed by atoms with Crippen LogP contribution in [0.5, 0.6) is 0 Å². The molecule has 4 nitrogen and oxygen atoms in total. The predicted molar refractivity (Wildman–Crippen MR) is 94.8 cm³/mol. The number of carbonyl (C=O) groups is 1. The van der Waals surface area contributed by atoms with Gasteiger partial charge in [-0.2, -0.15) is 23.3 Å². The number of halogens is 3. The third kappa shape index (κ3) is 4.03. The molecule has 3 rings (SSSR count). The third-order valence-electron chi connectivity index (χ3n) is 4.48. The minimum Gasteiger partial charge on any atom is -0.362 e. The van der Waals surface area contributed by atoms with E-state index in [0.29, 0.717) is 18.4 Å². The molecular weight excluding hydrogens is 357 g/mol. The van der Waals surface area contributed by atoms with Gasteiger partial charge < -0.3 is 5.11 Å². The number of aryl methyl sites for hydroxylation is 1. The average molecular weight is 376 g/mol. The summed E-state index contributed by atoms with van der Waals surface area (Å²) in [6.07, 6.45) is -5.02. The molecule has 1 N–H and O–H groups in total. The van der Waals surface area contributed by atoms with E-state index in [2.05, 4.69) is 5.10 Å². The van der Waals surface area contributed by atoms with Gasteiger partial charge in [0.15, 0.2) is 0 Å². The molecule has 1 aliphatic rings. The zero-order valence-electron chi connectivity index (χ0n) is 14.5. The Morgan fingerprint density at radius 1 is 1.07 bits per heavy atom. The van der Waals surface area contributed by atoms with Gasteiger partial charge in [-0.25, -0.2) is 0 Å². The summed E-state index contributed by atoms with van der Waals surface area (Å²) in [6.45, 7) is 0. The van der Waals surface area contributed by atoms with Crippen molar-refractivity contribution in [2.45, 2.75) is 37.6 Å². The normalized spacial score (nSPS) is 19.9. The molecule has 0 fully saturated rings. The number of aliphatic hydroxyl groups is 1. The smallest absolute Gasteiger partial charge is 0.362 e. The summed E-state index contributed by atoms with van der Waals surface area (Å²) < 4.78 is 40.5. The topological polar surface area (TPSA) is 52.9 Å². The number of hydrazone groups is 1. The van der Waals surface area contributed by atoms with Crippen LogP contribution in [0.25, 0.3) is 0 Å². The molecule has 142 valence electrons. The van der Waals surface area contributed by atoms with Crippen molar-refractivity contribution in [3.8, 4) is 0 Å². The van der Waals surface area contributed by atoms with Gasteiger partial charge in [-0.15, -0.1) is 0 Å². The van der Waals surface area contributed by atoms with Crippen molar-refractivity contribution < 1.29 is 23.1 Å². The van der Waals surface area contributed by atoms with Gasteiger partial charge in [-0.1, -0.05) is 60.7 Å². The molecule has 1 aliphatic heterocycles. The van der Waals surface area contributed by atoms with E-state index in [1.165, 1.54) is 0 Å². The second-order valence-electron chi connectivity index (χ2n) is 6.45. The minimum atomic E-state index is -5.01. The lowest BCUT2D eigenvalue weighted by molar-refractivity contribution is -0.302. The first kappa shape index (κ1) is 19.1. The molecule has 27 heavy (non-hydrogen) atoms. The number of hydrogen-bond donors (Lipinski definition) is 1. The largest absolute Gasteiger partial charge is 0.438 e. The summed E-state index contributed by atoms with van der Waals surface area (Å²) >= 11 is 0. The number of nitrogens with zero attached hydrogens (tertiary/aromatic N) is 2. The van der Waals surface area contributed by atoms with Crippen LogP contribution in [0.4, 0.5) is 13.2 Å². The second-order valence-corrected chi connectivity index (χ2v) is 6.45. The van der Waals surface area contributed by atoms with Gasteiger partial charge in [-0.3, -0.25) is 4.79 Å². The highest BCUT2D eigenvalue weighted by Crippen LogP contribution is 2.41. The Labute approximate surface area is 154 Å². The highest BCUT2D eigenvalue weighted by atomic mass is 19.4. The van der Waals surface area contributed by atoms with E-state index in [1.54, 1.807) is 30.3 Å². The summed E-state index contributed by atoms with van der Waals surface area (Å²) in [5, 5.41) is 14.3. The Morgan fingerprint density at radius 2 is 1.67 bits per heavy atom. The van der Waals surface area contributed by atoms with Crippen LogP contribution in [-0.2, 0) is 11.2 Å². The summed E-state index contributed by atoms with van der Waals surface area (Å²) in [7, 11) is 0. The molecule has 0 saturated heterocycles. The molecule has 0 saturated carbocycles. The SMILES string of the molecule is O=C(CCCc1ccccc1)N1N=C(c2ccccc2)CC1(O)C(F)(F)F. The fraction of sp³-hybridized carbons (Fsp3) is 0.300. The maximum atomic E-state index is 13.5. The third-order valence-corrected chi connectivity index (χ3v) is 4.48. The molecule has 1 atom stereocenters. The highest BCUT2D eigenvalue weighted by molar-refractivity contribution is 6.03. The Balaban J connectivity index is 1.76. The highest BCUT2D eigenvalue weighted by Gasteiger charge is 2.63. The molecule has 0 spiro atoms. The summed E-state index contributed by atoms with van der Waals surface area (Å²) in [5.41, 5.74) is -1.85. The van der Waals surface area contributed by atoms with Gasteiger partial charge in [0, 0.05) is 6.42 Å². The molecule has 7 heteroatoms. The number of carbonyl (C=O) groups excluding carboxylic acids is 1. The lowest BCUT2D eigenvalue weighted by atomic mass is 10.0. The van der Waals surface area contributed by atoms with Crippen molar-refractivity contribution in [2.75, 3.05) is 0 Å². The van der Waals surface area contributed by atoms with Crippen LogP contribution < -0.4 is 0 Å². The molecule has 2 aromatic carbocycles. The van der Waals surface area contributed by atoms with Crippen LogP contribution in [0.1, 0.15) is 30.4 Å². The van der Waals surface area contributed by atoms with Gasteiger partial charge in [-0.05, 0) is 24.0 Å². The van der Waals surface area contributed by atoms with Gasteiger partial charge in [0.1, 0.15) is 0 Å². The van der Waals surface area contributed by atoms with Crippen LogP contribution >= 0.6 is 0 Å². The van der Waals surface area contributed by atoms with Crippen LogP contribution in [0.2, 0.25) is 0 Å². The van der Waals surface area contributed by atoms with Crippen molar-refractivity contribution >= 4 is 11.6 Å². The molecule has 0 bridgehead atoms. The first-order valence-corrected chi connectivity index (χ1v) is 8.60. The number of amides is 1. The fourth-order valence-electron chi connectivity index (χ4n) is 3.01. The standard InChI is InChI=1S/C20H19F3N2O2/c21-20(22,23)19(27)14-17(16-11-5-2-6-12-16)24-25(19)18(26)13-7-10-15-8-3-1-4-9-15/h1-6,8-9,11-12,27H,7,10,13-14H2. The van der Waals surface area contributed by atoms with E-state index in [-0.39, 0.29) is 17.1 Å². The minimum absolute atomic E-state index is 0.0341. The number of hydrogen-bond acceptors (Lipinski definition) is 3. The molecule has 0 radical (unpaired) electrons. The molecule has 1 amide bonds. The summed E-state index contributed by atoms with van der Waals surface area (Å²) in [5.74, 6) is -0.850. The van der Waals surface area contributed by atoms with Crippen LogP contribution in [0.15, 0.2) is 65.8 Å². The Bertz CT molecular complexity index is 822. The zero-order valence-corrected chi connectivity index (χ0v) is 14.5. The average Bonchev–Trinajstić information content (AvgIpc) is 3.02. The van der Waals surface area contributed by atoms with Gasteiger partial charge >= 0.3 is 6.18 Å². The van der Waals surface area contributed by atoms with E-state index in [9.17, 15) is 23.1 Å². The summed E-state index contributed by atoms with van der Waals surface area (Å²) in [6, 6.07) is 17.6. The van der Waals surface area contributed by atoms with Crippen molar-refractivity contribution in [3.63, 3.8) is 0 Å². The molecular formula is C20H19F3N2O2. The zero-order chi connectivity index (χ0) is 19.5. The first-order chi connectivity index (χ1) is 12.8. The monoisotopic (exact) mass is 376 g/mol. The second kappa shape index (κ2) is 7.52. The Morgan fingerprint density at radius 3 is 2.26 bits per heavy atom. The van der Waals surface area contributed by atoms with Crippen LogP contribution in [-0.4, -0.2) is 33.6 Å². The van der Waals surface area contributed by atoms with Crippen molar-refractivity contribution in [2.24, 2.45) is 5.10 Å². The molecule has 1 heterocycles. The van der Waals surface area contributed by atoms with Gasteiger partial charge in [0.05, 0.1) is 12.1 Å². The maximum Gasteiger partial charge on any atom is 0.438 e. The first-order valence-electron chi connectivity index (χ1n) is 8.60. The van der Waals surface area contributed by atoms with E-state index in [4.69, 9.17) is 0 Å². The lowest BCUT2D eigenvalue weighted by Crippen LogP contribution is -2.56. The lowest BCUT2D eigenvalue weighted by Gasteiger charge is -2.32. The number of rotatable bonds is 5. The van der Waals surface area contributed by atoms with Crippen molar-refractivity contribution in [1.29, 1.82) is 0 Å². The number of benzene rings is 2. The Kier molecular flexibility index (Phi) is 5.32. The fourth-order valence-corrected chi connectivity index (χ4v) is 3.01. The molecule has 0 aromatic heterocycles. The molecule has 1 unspecified atom stereocenters. The summed E-state index contributed by atoms with van der Waals surface area (Å²) in [4.78, 5) is 12.4. The molecule has 0 aliphatic carbocycles. The van der Waals surface area contributed by atoms with E-state index in [1.807, 2.05) is 30.3 Å². The maximum absolute atomic E-state index is 13.5. The van der Waals surface area contributed by atoms with E-state index in [0.717, 1.165) is 5.56 Å². The van der Waals surface area contributed by atoms with Gasteiger partial charge in [0.25, 0.3) is 5.72 Å². The molecule has 2 aromatic rings. The van der Waals surface area contributed by atoms with Crippen molar-refractivity contribution in [1.82, 2.24) is 5.01 Å². The number of alkyl halides is 3. The quantitative estimate of drug-likeness (QED) is 0.861. The predicted octanol–water partition coefficient (Wildman–Crippen LogP) is 3.90. The van der Waals surface area contributed by atoms with E-state index < -0.39 is 24.2 Å².